The van der Waals surface area contributed by atoms with E-state index in [-0.39, 0.29) is 0 Å². The summed E-state index contributed by atoms with van der Waals surface area (Å²) >= 11 is 0. The van der Waals surface area contributed by atoms with Crippen LogP contribution in [0.15, 0.2) is 24.3 Å². The molecule has 114 valence electrons. The average molecular weight is 310 g/mol. The van der Waals surface area contributed by atoms with Crippen molar-refractivity contribution in [2.75, 3.05) is 32.8 Å². The SMILES string of the molecule is O=S(=O)(NCCc1nc2ccccc2[nH]1)N1CCOCC1. The Labute approximate surface area is 123 Å². The van der Waals surface area contributed by atoms with Crippen LogP contribution in [-0.4, -0.2) is 55.5 Å². The van der Waals surface area contributed by atoms with Crippen molar-refractivity contribution in [2.45, 2.75) is 6.42 Å². The number of aromatic amines is 1. The van der Waals surface area contributed by atoms with Gasteiger partial charge < -0.3 is 9.72 Å². The fourth-order valence-corrected chi connectivity index (χ4v) is 3.47. The van der Waals surface area contributed by atoms with E-state index in [2.05, 4.69) is 14.7 Å². The lowest BCUT2D eigenvalue weighted by Crippen LogP contribution is -2.47. The molecule has 0 amide bonds. The molecule has 2 N–H and O–H groups in total. The summed E-state index contributed by atoms with van der Waals surface area (Å²) in [6, 6.07) is 7.73. The number of aromatic nitrogens is 2. The summed E-state index contributed by atoms with van der Waals surface area (Å²) in [7, 11) is -3.42. The van der Waals surface area contributed by atoms with Crippen molar-refractivity contribution in [3.63, 3.8) is 0 Å². The second kappa shape index (κ2) is 6.10. The highest BCUT2D eigenvalue weighted by Crippen LogP contribution is 2.10. The zero-order chi connectivity index (χ0) is 14.7. The maximum atomic E-state index is 12.1. The number of nitrogens with zero attached hydrogens (tertiary/aromatic N) is 2. The fraction of sp³-hybridized carbons (Fsp3) is 0.462. The van der Waals surface area contributed by atoms with E-state index in [9.17, 15) is 8.42 Å². The van der Waals surface area contributed by atoms with Gasteiger partial charge in [-0.1, -0.05) is 12.1 Å². The molecule has 0 radical (unpaired) electrons. The summed E-state index contributed by atoms with van der Waals surface area (Å²) in [5.74, 6) is 0.779. The van der Waals surface area contributed by atoms with Crippen LogP contribution in [0.2, 0.25) is 0 Å². The van der Waals surface area contributed by atoms with Gasteiger partial charge in [-0.15, -0.1) is 0 Å². The van der Waals surface area contributed by atoms with Crippen molar-refractivity contribution in [1.82, 2.24) is 19.0 Å². The molecule has 2 aromatic rings. The molecule has 21 heavy (non-hydrogen) atoms. The van der Waals surface area contributed by atoms with Crippen LogP contribution in [0.3, 0.4) is 0 Å². The van der Waals surface area contributed by atoms with Crippen molar-refractivity contribution in [3.8, 4) is 0 Å². The molecular formula is C13H18N4O3S. The number of H-pyrrole nitrogens is 1. The Morgan fingerprint density at radius 2 is 2.05 bits per heavy atom. The predicted octanol–water partition coefficient (Wildman–Crippen LogP) is 0.272. The Morgan fingerprint density at radius 1 is 1.29 bits per heavy atom. The number of fused-ring (bicyclic) bond motifs is 1. The zero-order valence-electron chi connectivity index (χ0n) is 11.6. The van der Waals surface area contributed by atoms with Crippen molar-refractivity contribution >= 4 is 21.2 Å². The number of para-hydroxylation sites is 2. The predicted molar refractivity (Wildman–Crippen MR) is 79.1 cm³/mol. The van der Waals surface area contributed by atoms with Gasteiger partial charge in [0.15, 0.2) is 0 Å². The van der Waals surface area contributed by atoms with E-state index in [4.69, 9.17) is 4.74 Å². The van der Waals surface area contributed by atoms with Crippen molar-refractivity contribution in [3.05, 3.63) is 30.1 Å². The monoisotopic (exact) mass is 310 g/mol. The van der Waals surface area contributed by atoms with Gasteiger partial charge in [-0.05, 0) is 12.1 Å². The third-order valence-electron chi connectivity index (χ3n) is 3.39. The highest BCUT2D eigenvalue weighted by atomic mass is 32.2. The first kappa shape index (κ1) is 14.5. The molecule has 0 aliphatic carbocycles. The minimum atomic E-state index is -3.42. The molecular weight excluding hydrogens is 292 g/mol. The summed E-state index contributed by atoms with van der Waals surface area (Å²) < 4.78 is 33.3. The van der Waals surface area contributed by atoms with Gasteiger partial charge in [0.05, 0.1) is 24.2 Å². The molecule has 1 aliphatic heterocycles. The Bertz CT molecular complexity index is 674. The van der Waals surface area contributed by atoms with Gasteiger partial charge in [-0.3, -0.25) is 0 Å². The molecule has 2 heterocycles. The minimum absolute atomic E-state index is 0.319. The van der Waals surface area contributed by atoms with Crippen LogP contribution in [-0.2, 0) is 21.4 Å². The van der Waals surface area contributed by atoms with E-state index in [1.54, 1.807) is 0 Å². The van der Waals surface area contributed by atoms with E-state index in [1.807, 2.05) is 24.3 Å². The van der Waals surface area contributed by atoms with Gasteiger partial charge >= 0.3 is 0 Å². The third kappa shape index (κ3) is 3.41. The lowest BCUT2D eigenvalue weighted by Gasteiger charge is -2.25. The minimum Gasteiger partial charge on any atom is -0.379 e. The molecule has 1 aromatic carbocycles. The third-order valence-corrected chi connectivity index (χ3v) is 5.01. The summed E-state index contributed by atoms with van der Waals surface area (Å²) in [5, 5.41) is 0. The first-order chi connectivity index (χ1) is 10.1. The molecule has 3 rings (SSSR count). The molecule has 0 unspecified atom stereocenters. The Kier molecular flexibility index (Phi) is 4.20. The largest absolute Gasteiger partial charge is 0.379 e. The summed E-state index contributed by atoms with van der Waals surface area (Å²) in [5.41, 5.74) is 1.85. The lowest BCUT2D eigenvalue weighted by atomic mass is 10.3. The molecule has 1 saturated heterocycles. The van der Waals surface area contributed by atoms with Crippen LogP contribution in [0.4, 0.5) is 0 Å². The number of nitrogens with one attached hydrogen (secondary N) is 2. The van der Waals surface area contributed by atoms with Crippen LogP contribution >= 0.6 is 0 Å². The maximum absolute atomic E-state index is 12.1. The van der Waals surface area contributed by atoms with Crippen LogP contribution in [0.5, 0.6) is 0 Å². The summed E-state index contributed by atoms with van der Waals surface area (Å²) in [6.45, 7) is 2.02. The highest BCUT2D eigenvalue weighted by molar-refractivity contribution is 7.87. The molecule has 0 spiro atoms. The van der Waals surface area contributed by atoms with Gasteiger partial charge in [0.25, 0.3) is 10.2 Å². The number of benzene rings is 1. The van der Waals surface area contributed by atoms with E-state index in [0.29, 0.717) is 39.3 Å². The number of ether oxygens (including phenoxy) is 1. The van der Waals surface area contributed by atoms with Crippen molar-refractivity contribution in [2.24, 2.45) is 0 Å². The van der Waals surface area contributed by atoms with Gasteiger partial charge in [0.1, 0.15) is 5.82 Å². The molecule has 1 aromatic heterocycles. The van der Waals surface area contributed by atoms with Gasteiger partial charge in [-0.25, -0.2) is 9.71 Å². The van der Waals surface area contributed by atoms with E-state index in [1.165, 1.54) is 4.31 Å². The van der Waals surface area contributed by atoms with Crippen molar-refractivity contribution in [1.29, 1.82) is 0 Å². The standard InChI is InChI=1S/C13H18N4O3S/c18-21(19,17-7-9-20-10-8-17)14-6-5-13-15-11-3-1-2-4-12(11)16-13/h1-4,14H,5-10H2,(H,15,16). The van der Waals surface area contributed by atoms with Crippen molar-refractivity contribution < 1.29 is 13.2 Å². The van der Waals surface area contributed by atoms with E-state index >= 15 is 0 Å². The second-order valence-electron chi connectivity index (χ2n) is 4.86. The normalized spacial score (nSPS) is 17.3. The van der Waals surface area contributed by atoms with Gasteiger partial charge in [0, 0.05) is 26.1 Å². The summed E-state index contributed by atoms with van der Waals surface area (Å²) in [4.78, 5) is 7.60. The number of hydrogen-bond acceptors (Lipinski definition) is 4. The molecule has 0 bridgehead atoms. The van der Waals surface area contributed by atoms with Crippen LogP contribution in [0.25, 0.3) is 11.0 Å². The Hall–Kier alpha value is -1.48. The number of morpholine rings is 1. The topological polar surface area (TPSA) is 87.3 Å². The smallest absolute Gasteiger partial charge is 0.279 e. The zero-order valence-corrected chi connectivity index (χ0v) is 12.4. The molecule has 1 fully saturated rings. The lowest BCUT2D eigenvalue weighted by molar-refractivity contribution is 0.0725. The van der Waals surface area contributed by atoms with Gasteiger partial charge in [-0.2, -0.15) is 12.7 Å². The van der Waals surface area contributed by atoms with Crippen LogP contribution in [0.1, 0.15) is 5.82 Å². The number of hydrogen-bond donors (Lipinski definition) is 2. The van der Waals surface area contributed by atoms with E-state index in [0.717, 1.165) is 16.9 Å². The Morgan fingerprint density at radius 3 is 2.81 bits per heavy atom. The first-order valence-corrected chi connectivity index (χ1v) is 8.35. The molecule has 8 heteroatoms. The van der Waals surface area contributed by atoms with E-state index < -0.39 is 10.2 Å². The second-order valence-corrected chi connectivity index (χ2v) is 6.62. The van der Waals surface area contributed by atoms with Gasteiger partial charge in [0.2, 0.25) is 0 Å². The maximum Gasteiger partial charge on any atom is 0.279 e. The highest BCUT2D eigenvalue weighted by Gasteiger charge is 2.23. The molecule has 0 atom stereocenters. The number of rotatable bonds is 5. The molecule has 7 nitrogen and oxygen atoms in total. The number of imidazole rings is 1. The quantitative estimate of drug-likeness (QED) is 0.830. The first-order valence-electron chi connectivity index (χ1n) is 6.91. The average Bonchev–Trinajstić information content (AvgIpc) is 2.90. The van der Waals surface area contributed by atoms with Crippen LogP contribution in [0, 0.1) is 0 Å². The summed E-state index contributed by atoms with van der Waals surface area (Å²) in [6.07, 6.45) is 0.526. The molecule has 0 saturated carbocycles. The Balaban J connectivity index is 1.57. The van der Waals surface area contributed by atoms with Crippen LogP contribution < -0.4 is 4.72 Å². The fourth-order valence-electron chi connectivity index (χ4n) is 2.30. The molecule has 1 aliphatic rings.